The summed E-state index contributed by atoms with van der Waals surface area (Å²) in [5.41, 5.74) is 1.69. The second-order valence-electron chi connectivity index (χ2n) is 4.91. The maximum absolute atomic E-state index is 12.1. The topological polar surface area (TPSA) is 56.8 Å². The van der Waals surface area contributed by atoms with Gasteiger partial charge in [-0.3, -0.25) is 0 Å². The van der Waals surface area contributed by atoms with Gasteiger partial charge < -0.3 is 19.5 Å². The molecule has 0 aliphatic carbocycles. The van der Waals surface area contributed by atoms with E-state index in [4.69, 9.17) is 14.2 Å². The summed E-state index contributed by atoms with van der Waals surface area (Å²) < 4.78 is 15.6. The molecule has 0 saturated carbocycles. The third kappa shape index (κ3) is 4.02. The SMILES string of the molecule is COC(=O)[C@@H](OC)[C@H](Nc1ccccc1OC)c1ccccc1. The number of hydrogen-bond donors (Lipinski definition) is 1. The molecule has 2 aromatic rings. The molecule has 23 heavy (non-hydrogen) atoms. The minimum absolute atomic E-state index is 0.412. The first-order valence-electron chi connectivity index (χ1n) is 7.26. The molecular weight excluding hydrogens is 294 g/mol. The number of esters is 1. The fraction of sp³-hybridized carbons (Fsp3) is 0.278. The lowest BCUT2D eigenvalue weighted by atomic mass is 10.0. The molecule has 122 valence electrons. The summed E-state index contributed by atoms with van der Waals surface area (Å²) in [7, 11) is 4.44. The molecule has 0 saturated heterocycles. The number of anilines is 1. The fourth-order valence-corrected chi connectivity index (χ4v) is 2.41. The van der Waals surface area contributed by atoms with Crippen LogP contribution in [-0.4, -0.2) is 33.4 Å². The summed E-state index contributed by atoms with van der Waals surface area (Å²) in [4.78, 5) is 12.1. The van der Waals surface area contributed by atoms with Crippen LogP contribution >= 0.6 is 0 Å². The summed E-state index contributed by atoms with van der Waals surface area (Å²) in [6, 6.07) is 16.7. The summed E-state index contributed by atoms with van der Waals surface area (Å²) in [5, 5.41) is 3.33. The van der Waals surface area contributed by atoms with Gasteiger partial charge in [-0.25, -0.2) is 4.79 Å². The minimum Gasteiger partial charge on any atom is -0.495 e. The van der Waals surface area contributed by atoms with Crippen molar-refractivity contribution < 1.29 is 19.0 Å². The first-order chi connectivity index (χ1) is 11.2. The monoisotopic (exact) mass is 315 g/mol. The number of benzene rings is 2. The Morgan fingerprint density at radius 2 is 1.61 bits per heavy atom. The number of nitrogens with one attached hydrogen (secondary N) is 1. The molecule has 0 fully saturated rings. The summed E-state index contributed by atoms with van der Waals surface area (Å²) in [5.74, 6) is 0.247. The van der Waals surface area contributed by atoms with Crippen molar-refractivity contribution in [1.29, 1.82) is 0 Å². The van der Waals surface area contributed by atoms with Crippen molar-refractivity contribution in [2.45, 2.75) is 12.1 Å². The fourth-order valence-electron chi connectivity index (χ4n) is 2.41. The molecular formula is C18H21NO4. The third-order valence-electron chi connectivity index (χ3n) is 3.57. The molecule has 1 N–H and O–H groups in total. The van der Waals surface area contributed by atoms with Crippen LogP contribution in [0.15, 0.2) is 54.6 Å². The van der Waals surface area contributed by atoms with Gasteiger partial charge in [-0.15, -0.1) is 0 Å². The van der Waals surface area contributed by atoms with E-state index in [1.807, 2.05) is 54.6 Å². The lowest BCUT2D eigenvalue weighted by Crippen LogP contribution is -2.35. The Bertz CT molecular complexity index is 630. The quantitative estimate of drug-likeness (QED) is 0.796. The highest BCUT2D eigenvalue weighted by Gasteiger charge is 2.31. The zero-order valence-electron chi connectivity index (χ0n) is 13.5. The summed E-state index contributed by atoms with van der Waals surface area (Å²) in [6.45, 7) is 0. The molecule has 0 aromatic heterocycles. The van der Waals surface area contributed by atoms with Crippen LogP contribution < -0.4 is 10.1 Å². The number of para-hydroxylation sites is 2. The number of ether oxygens (including phenoxy) is 3. The zero-order chi connectivity index (χ0) is 16.7. The lowest BCUT2D eigenvalue weighted by molar-refractivity contribution is -0.153. The van der Waals surface area contributed by atoms with E-state index in [-0.39, 0.29) is 0 Å². The molecule has 0 bridgehead atoms. The molecule has 5 nitrogen and oxygen atoms in total. The Balaban J connectivity index is 2.39. The molecule has 2 aromatic carbocycles. The average Bonchev–Trinajstić information content (AvgIpc) is 2.62. The van der Waals surface area contributed by atoms with E-state index in [1.165, 1.54) is 14.2 Å². The van der Waals surface area contributed by atoms with Crippen LogP contribution in [0, 0.1) is 0 Å². The molecule has 0 radical (unpaired) electrons. The van der Waals surface area contributed by atoms with Crippen LogP contribution in [-0.2, 0) is 14.3 Å². The van der Waals surface area contributed by atoms with E-state index in [9.17, 15) is 4.79 Å². The first-order valence-corrected chi connectivity index (χ1v) is 7.26. The molecule has 0 aliphatic heterocycles. The van der Waals surface area contributed by atoms with Crippen molar-refractivity contribution in [3.8, 4) is 5.75 Å². The van der Waals surface area contributed by atoms with E-state index in [2.05, 4.69) is 5.32 Å². The second kappa shape index (κ2) is 8.19. The van der Waals surface area contributed by atoms with Crippen LogP contribution in [0.4, 0.5) is 5.69 Å². The standard InChI is InChI=1S/C18H21NO4/c1-21-15-12-8-7-11-14(15)19-16(13-9-5-4-6-10-13)17(22-2)18(20)23-3/h4-12,16-17,19H,1-3H3/t16-,17+/m1/s1. The van der Waals surface area contributed by atoms with Gasteiger partial charge in [0.05, 0.1) is 25.9 Å². The molecule has 0 amide bonds. The highest BCUT2D eigenvalue weighted by atomic mass is 16.6. The normalized spacial score (nSPS) is 13.0. The average molecular weight is 315 g/mol. The molecule has 0 unspecified atom stereocenters. The van der Waals surface area contributed by atoms with E-state index < -0.39 is 18.1 Å². The molecule has 0 spiro atoms. The predicted molar refractivity (Wildman–Crippen MR) is 88.6 cm³/mol. The second-order valence-corrected chi connectivity index (χ2v) is 4.91. The highest BCUT2D eigenvalue weighted by molar-refractivity contribution is 5.77. The highest BCUT2D eigenvalue weighted by Crippen LogP contribution is 2.30. The zero-order valence-corrected chi connectivity index (χ0v) is 13.5. The molecule has 5 heteroatoms. The Morgan fingerprint density at radius 3 is 2.22 bits per heavy atom. The van der Waals surface area contributed by atoms with Gasteiger partial charge in [0.2, 0.25) is 0 Å². The van der Waals surface area contributed by atoms with E-state index in [0.29, 0.717) is 5.75 Å². The van der Waals surface area contributed by atoms with Crippen molar-refractivity contribution in [2.75, 3.05) is 26.6 Å². The Morgan fingerprint density at radius 1 is 0.957 bits per heavy atom. The van der Waals surface area contributed by atoms with Gasteiger partial charge in [0.15, 0.2) is 6.10 Å². The van der Waals surface area contributed by atoms with Gasteiger partial charge in [0, 0.05) is 7.11 Å². The predicted octanol–water partition coefficient (Wildman–Crippen LogP) is 3.04. The number of hydrogen-bond acceptors (Lipinski definition) is 5. The van der Waals surface area contributed by atoms with E-state index in [1.54, 1.807) is 7.11 Å². The van der Waals surface area contributed by atoms with Crippen molar-refractivity contribution in [3.63, 3.8) is 0 Å². The van der Waals surface area contributed by atoms with Crippen LogP contribution in [0.1, 0.15) is 11.6 Å². The molecule has 0 heterocycles. The van der Waals surface area contributed by atoms with Crippen LogP contribution in [0.25, 0.3) is 0 Å². The van der Waals surface area contributed by atoms with Gasteiger partial charge >= 0.3 is 5.97 Å². The Hall–Kier alpha value is -2.53. The summed E-state index contributed by atoms with van der Waals surface area (Å²) in [6.07, 6.45) is -0.785. The van der Waals surface area contributed by atoms with Crippen LogP contribution in [0.5, 0.6) is 5.75 Å². The smallest absolute Gasteiger partial charge is 0.337 e. The van der Waals surface area contributed by atoms with Crippen molar-refractivity contribution in [3.05, 3.63) is 60.2 Å². The summed E-state index contributed by atoms with van der Waals surface area (Å²) >= 11 is 0. The van der Waals surface area contributed by atoms with Gasteiger partial charge in [0.1, 0.15) is 5.75 Å². The minimum atomic E-state index is -0.785. The maximum atomic E-state index is 12.1. The number of carbonyl (C=O) groups is 1. The van der Waals surface area contributed by atoms with Gasteiger partial charge in [-0.05, 0) is 17.7 Å². The van der Waals surface area contributed by atoms with Crippen LogP contribution in [0.2, 0.25) is 0 Å². The molecule has 0 aliphatic rings. The largest absolute Gasteiger partial charge is 0.495 e. The van der Waals surface area contributed by atoms with E-state index >= 15 is 0 Å². The van der Waals surface area contributed by atoms with Gasteiger partial charge in [-0.1, -0.05) is 42.5 Å². The van der Waals surface area contributed by atoms with Crippen molar-refractivity contribution in [2.24, 2.45) is 0 Å². The first kappa shape index (κ1) is 16.8. The lowest BCUT2D eigenvalue weighted by Gasteiger charge is -2.27. The number of methoxy groups -OCH3 is 3. The number of rotatable bonds is 7. The third-order valence-corrected chi connectivity index (χ3v) is 3.57. The van der Waals surface area contributed by atoms with Gasteiger partial charge in [0.25, 0.3) is 0 Å². The Kier molecular flexibility index (Phi) is 6.00. The van der Waals surface area contributed by atoms with Gasteiger partial charge in [-0.2, -0.15) is 0 Å². The molecule has 2 rings (SSSR count). The van der Waals surface area contributed by atoms with Crippen molar-refractivity contribution in [1.82, 2.24) is 0 Å². The molecule has 2 atom stereocenters. The number of carbonyl (C=O) groups excluding carboxylic acids is 1. The van der Waals surface area contributed by atoms with Crippen molar-refractivity contribution >= 4 is 11.7 Å². The Labute approximate surface area is 136 Å². The van der Waals surface area contributed by atoms with E-state index in [0.717, 1.165) is 11.3 Å². The maximum Gasteiger partial charge on any atom is 0.337 e. The van der Waals surface area contributed by atoms with Crippen LogP contribution in [0.3, 0.4) is 0 Å².